The molecular weight excluding hydrogens is 850 g/mol. The van der Waals surface area contributed by atoms with E-state index in [0.29, 0.717) is 0 Å². The average molecular weight is 887 g/mol. The molecule has 5 unspecified atom stereocenters. The first-order valence-corrected chi connectivity index (χ1v) is 20.7. The molecule has 3 aliphatic rings. The number of phosphoric ester groups is 2. The normalized spacial score (nSPS) is 29.0. The topological polar surface area (TPSA) is 433 Å². The number of aliphatic hydroxyl groups is 2. The van der Waals surface area contributed by atoms with Gasteiger partial charge in [-0.2, -0.15) is 15.0 Å². The van der Waals surface area contributed by atoms with Crippen LogP contribution in [0.4, 0.5) is 17.8 Å². The van der Waals surface area contributed by atoms with Gasteiger partial charge in [-0.1, -0.05) is 0 Å². The smallest absolute Gasteiger partial charge is 0.390 e. The number of rotatable bonds is 14. The molecule has 0 bridgehead atoms. The quantitative estimate of drug-likeness (QED) is 0.0498. The van der Waals surface area contributed by atoms with Crippen LogP contribution in [-0.2, 0) is 41.4 Å². The molecule has 0 spiro atoms. The number of aliphatic hydroxyl groups excluding tert-OH is 2. The number of phosphoric acid groups is 2. The summed E-state index contributed by atoms with van der Waals surface area (Å²) in [4.78, 5) is 86.3. The summed E-state index contributed by atoms with van der Waals surface area (Å²) in [6.07, 6.45) is -7.82. The molecule has 0 aromatic carbocycles. The van der Waals surface area contributed by atoms with E-state index in [-0.39, 0.29) is 59.4 Å². The lowest BCUT2D eigenvalue weighted by Gasteiger charge is -2.23. The van der Waals surface area contributed by atoms with Crippen molar-refractivity contribution in [3.05, 3.63) is 50.2 Å². The van der Waals surface area contributed by atoms with E-state index in [4.69, 9.17) is 49.5 Å². The summed E-state index contributed by atoms with van der Waals surface area (Å²) in [6, 6.07) is 0. The first-order chi connectivity index (χ1) is 28.4. The highest BCUT2D eigenvalue weighted by Crippen LogP contribution is 2.50. The van der Waals surface area contributed by atoms with Crippen LogP contribution in [0.1, 0.15) is 37.9 Å². The largest absolute Gasteiger partial charge is 0.472 e. The summed E-state index contributed by atoms with van der Waals surface area (Å²) in [5.74, 6) is -0.714. The second kappa shape index (κ2) is 16.1. The van der Waals surface area contributed by atoms with Crippen molar-refractivity contribution in [2.24, 2.45) is 0 Å². The van der Waals surface area contributed by atoms with Gasteiger partial charge in [-0.15, -0.1) is 0 Å². The number of nitrogen functional groups attached to an aromatic ring is 3. The van der Waals surface area contributed by atoms with Crippen LogP contribution < -0.4 is 34.0 Å². The molecule has 3 aliphatic heterocycles. The van der Waals surface area contributed by atoms with Crippen LogP contribution in [-0.4, -0.2) is 130 Å². The van der Waals surface area contributed by atoms with E-state index >= 15 is 0 Å². The van der Waals surface area contributed by atoms with Crippen molar-refractivity contribution in [2.75, 3.05) is 37.0 Å². The highest BCUT2D eigenvalue weighted by atomic mass is 31.2. The predicted molar refractivity (Wildman–Crippen MR) is 196 cm³/mol. The number of aromatic nitrogens is 11. The molecule has 324 valence electrons. The third-order valence-corrected chi connectivity index (χ3v) is 11.6. The molecule has 0 amide bonds. The van der Waals surface area contributed by atoms with Crippen molar-refractivity contribution in [2.45, 2.75) is 74.6 Å². The van der Waals surface area contributed by atoms with Crippen LogP contribution in [0, 0.1) is 0 Å². The molecular formula is C28H36N14O16P2. The van der Waals surface area contributed by atoms with E-state index in [1.165, 1.54) is 21.8 Å². The van der Waals surface area contributed by atoms with Gasteiger partial charge in [0.1, 0.15) is 49.4 Å². The molecule has 8 rings (SSSR count). The second-order valence-electron chi connectivity index (χ2n) is 13.7. The van der Waals surface area contributed by atoms with Crippen molar-refractivity contribution < 1.29 is 61.4 Å². The minimum Gasteiger partial charge on any atom is -0.390 e. The molecule has 60 heavy (non-hydrogen) atoms. The number of ether oxygens (including phenoxy) is 3. The van der Waals surface area contributed by atoms with Crippen LogP contribution in [0.2, 0.25) is 0 Å². The fraction of sp³-hybridized carbons (Fsp3) is 0.536. The lowest BCUT2D eigenvalue weighted by Crippen LogP contribution is -2.30. The SMILES string of the molecule is Nc1ncn([C@H]2C[C@@H](OP(=O)(O)OCC3O[C@@H](n4cnc5c(=O)[nH]c(N)nc54)C[C@H]3O)C(COP(=O)(O)OCC3O[C@@H](n4cnc5c(=O)[nH]c(N)nc54)C[C@H]3O)O2)c(=O)n1. The Morgan fingerprint density at radius 1 is 0.667 bits per heavy atom. The van der Waals surface area contributed by atoms with Gasteiger partial charge in [-0.3, -0.25) is 51.4 Å². The number of hydrogen-bond acceptors (Lipinski definition) is 23. The number of nitrogens with two attached hydrogens (primary N) is 3. The zero-order valence-electron chi connectivity index (χ0n) is 30.5. The Labute approximate surface area is 332 Å². The first kappa shape index (κ1) is 41.7. The summed E-state index contributed by atoms with van der Waals surface area (Å²) >= 11 is 0. The third kappa shape index (κ3) is 8.59. The third-order valence-electron chi connectivity index (χ3n) is 9.64. The van der Waals surface area contributed by atoms with E-state index in [2.05, 4.69) is 39.9 Å². The summed E-state index contributed by atoms with van der Waals surface area (Å²) in [5.41, 5.74) is 14.8. The average Bonchev–Trinajstić information content (AvgIpc) is 4.00. The fourth-order valence-electron chi connectivity index (χ4n) is 6.81. The molecule has 0 radical (unpaired) electrons. The predicted octanol–water partition coefficient (Wildman–Crippen LogP) is -3.13. The van der Waals surface area contributed by atoms with Crippen molar-refractivity contribution >= 4 is 55.8 Å². The Hall–Kier alpha value is -5.07. The highest BCUT2D eigenvalue weighted by Gasteiger charge is 2.45. The van der Waals surface area contributed by atoms with E-state index in [9.17, 15) is 43.5 Å². The standard InChI is InChI=1S/C28H36N14O16P2/c29-25-34-9-42(28(47)39-25)18-3-12(58-60(50,51)54-5-14-11(44)2-17(56-14)41-8-33-20-22(41)36-27(31)38-24(20)46)15(57-18)6-53-59(48,49)52-4-13-10(43)1-16(55-13)40-7-32-19-21(40)35-26(30)37-23(19)45/h7-18,43-44H,1-6H2,(H,48,49)(H,50,51)(H2,29,39,47)(H3,30,35,37,45)(H3,31,36,38,46)/t10-,11-,12-,13?,14?,15?,16-,17-,18-/m1/s1. The maximum Gasteiger partial charge on any atom is 0.472 e. The Kier molecular flexibility index (Phi) is 11.2. The Morgan fingerprint density at radius 2 is 1.12 bits per heavy atom. The molecule has 3 saturated heterocycles. The number of aromatic amines is 2. The molecule has 30 nitrogen and oxygen atoms in total. The van der Waals surface area contributed by atoms with E-state index in [1.807, 2.05) is 0 Å². The van der Waals surface area contributed by atoms with Crippen LogP contribution in [0.5, 0.6) is 0 Å². The van der Waals surface area contributed by atoms with Gasteiger partial charge in [0.05, 0.1) is 44.7 Å². The van der Waals surface area contributed by atoms with Crippen molar-refractivity contribution in [1.29, 1.82) is 0 Å². The lowest BCUT2D eigenvalue weighted by atomic mass is 10.2. The zero-order valence-corrected chi connectivity index (χ0v) is 32.3. The van der Waals surface area contributed by atoms with Gasteiger partial charge in [0.2, 0.25) is 17.8 Å². The number of nitrogens with zero attached hydrogens (tertiary/aromatic N) is 9. The summed E-state index contributed by atoms with van der Waals surface area (Å²) in [5, 5.41) is 21.3. The molecule has 32 heteroatoms. The lowest BCUT2D eigenvalue weighted by molar-refractivity contribution is -0.0613. The monoisotopic (exact) mass is 886 g/mol. The van der Waals surface area contributed by atoms with Gasteiger partial charge in [0.25, 0.3) is 11.1 Å². The van der Waals surface area contributed by atoms with Gasteiger partial charge < -0.3 is 51.4 Å². The van der Waals surface area contributed by atoms with Crippen LogP contribution >= 0.6 is 15.6 Å². The van der Waals surface area contributed by atoms with Crippen molar-refractivity contribution in [3.8, 4) is 0 Å². The fourth-order valence-corrected chi connectivity index (χ4v) is 8.51. The van der Waals surface area contributed by atoms with Gasteiger partial charge in [-0.05, 0) is 0 Å². The van der Waals surface area contributed by atoms with Gasteiger partial charge in [0, 0.05) is 19.3 Å². The van der Waals surface area contributed by atoms with Gasteiger partial charge >= 0.3 is 21.3 Å². The van der Waals surface area contributed by atoms with Crippen molar-refractivity contribution in [1.82, 2.24) is 53.6 Å². The van der Waals surface area contributed by atoms with Crippen LogP contribution in [0.3, 0.4) is 0 Å². The highest BCUT2D eigenvalue weighted by molar-refractivity contribution is 7.47. The Balaban J connectivity index is 0.899. The maximum atomic E-state index is 13.3. The molecule has 3 fully saturated rings. The number of imidazole rings is 2. The van der Waals surface area contributed by atoms with Crippen molar-refractivity contribution in [3.63, 3.8) is 0 Å². The minimum atomic E-state index is -5.08. The molecule has 0 aliphatic carbocycles. The molecule has 5 aromatic rings. The summed E-state index contributed by atoms with van der Waals surface area (Å²) < 4.78 is 68.2. The Morgan fingerprint density at radius 3 is 1.63 bits per heavy atom. The molecule has 12 N–H and O–H groups in total. The maximum absolute atomic E-state index is 13.3. The molecule has 5 aromatic heterocycles. The zero-order chi connectivity index (χ0) is 42.7. The minimum absolute atomic E-state index is 0.0350. The number of hydrogen-bond donors (Lipinski definition) is 9. The summed E-state index contributed by atoms with van der Waals surface area (Å²) in [6.45, 7) is -2.19. The Bertz CT molecular complexity index is 2690. The molecule has 8 heterocycles. The van der Waals surface area contributed by atoms with Crippen LogP contribution in [0.15, 0.2) is 33.4 Å². The summed E-state index contributed by atoms with van der Waals surface area (Å²) in [7, 11) is -10.1. The van der Waals surface area contributed by atoms with E-state index in [0.717, 1.165) is 10.9 Å². The molecule has 11 atom stereocenters. The number of H-pyrrole nitrogens is 2. The number of anilines is 3. The molecule has 0 saturated carbocycles. The number of fused-ring (bicyclic) bond motifs is 2. The van der Waals surface area contributed by atoms with E-state index in [1.54, 1.807) is 0 Å². The van der Waals surface area contributed by atoms with Gasteiger partial charge in [-0.25, -0.2) is 28.9 Å². The van der Waals surface area contributed by atoms with Crippen LogP contribution in [0.25, 0.3) is 22.3 Å². The second-order valence-corrected chi connectivity index (χ2v) is 16.5. The van der Waals surface area contributed by atoms with Gasteiger partial charge in [0.15, 0.2) is 22.3 Å². The number of nitrogens with one attached hydrogen (secondary N) is 2. The van der Waals surface area contributed by atoms with E-state index < -0.39 is 108 Å². The first-order valence-electron chi connectivity index (χ1n) is 17.7.